The number of hydrogen-bond acceptors (Lipinski definition) is 2. The van der Waals surface area contributed by atoms with Crippen LogP contribution in [0.3, 0.4) is 0 Å². The second-order valence-corrected chi connectivity index (χ2v) is 3.70. The highest BCUT2D eigenvalue weighted by molar-refractivity contribution is 5.01. The largest absolute Gasteiger partial charge is 0.396 e. The van der Waals surface area contributed by atoms with Crippen molar-refractivity contribution in [3.63, 3.8) is 0 Å². The van der Waals surface area contributed by atoms with Crippen molar-refractivity contribution in [2.24, 2.45) is 11.3 Å². The van der Waals surface area contributed by atoms with Crippen LogP contribution in [0.25, 0.3) is 0 Å². The van der Waals surface area contributed by atoms with Crippen molar-refractivity contribution in [1.29, 1.82) is 0 Å². The lowest BCUT2D eigenvalue weighted by molar-refractivity contribution is 0.131. The minimum atomic E-state index is 0.382. The van der Waals surface area contributed by atoms with Crippen molar-refractivity contribution < 1.29 is 5.11 Å². The van der Waals surface area contributed by atoms with Crippen molar-refractivity contribution in [2.75, 3.05) is 19.7 Å². The molecule has 1 spiro atoms. The Labute approximate surface area is 61.6 Å². The maximum absolute atomic E-state index is 9.03. The lowest BCUT2D eigenvalue weighted by Crippen LogP contribution is -2.39. The van der Waals surface area contributed by atoms with E-state index in [9.17, 15) is 0 Å². The fraction of sp³-hybridized carbons (Fsp3) is 1.00. The molecule has 1 aliphatic heterocycles. The van der Waals surface area contributed by atoms with Gasteiger partial charge in [-0.15, -0.1) is 0 Å². The fourth-order valence-electron chi connectivity index (χ4n) is 2.11. The van der Waals surface area contributed by atoms with E-state index in [-0.39, 0.29) is 0 Å². The normalized spacial score (nSPS) is 36.3. The second kappa shape index (κ2) is 2.21. The Bertz CT molecular complexity index is 131. The van der Waals surface area contributed by atoms with Gasteiger partial charge in [0.2, 0.25) is 0 Å². The van der Waals surface area contributed by atoms with Crippen molar-refractivity contribution >= 4 is 0 Å². The first kappa shape index (κ1) is 6.62. The van der Waals surface area contributed by atoms with E-state index in [4.69, 9.17) is 5.11 Å². The summed E-state index contributed by atoms with van der Waals surface area (Å²) in [5, 5.41) is 12.3. The Morgan fingerprint density at radius 3 is 2.70 bits per heavy atom. The van der Waals surface area contributed by atoms with Gasteiger partial charge >= 0.3 is 0 Å². The van der Waals surface area contributed by atoms with E-state index in [1.165, 1.54) is 19.3 Å². The van der Waals surface area contributed by atoms with Gasteiger partial charge in [0.1, 0.15) is 0 Å². The van der Waals surface area contributed by atoms with Gasteiger partial charge in [-0.05, 0) is 31.2 Å². The molecule has 1 atom stereocenters. The summed E-state index contributed by atoms with van der Waals surface area (Å²) in [7, 11) is 0. The van der Waals surface area contributed by atoms with Crippen LogP contribution < -0.4 is 5.32 Å². The molecule has 2 fully saturated rings. The highest BCUT2D eigenvalue weighted by atomic mass is 16.3. The summed E-state index contributed by atoms with van der Waals surface area (Å²) in [5.74, 6) is 0.557. The first-order valence-corrected chi connectivity index (χ1v) is 4.19. The van der Waals surface area contributed by atoms with Gasteiger partial charge in [0, 0.05) is 19.1 Å². The molecule has 0 aromatic carbocycles. The van der Waals surface area contributed by atoms with Gasteiger partial charge < -0.3 is 10.4 Å². The predicted octanol–water partition coefficient (Wildman–Crippen LogP) is 0.368. The Morgan fingerprint density at radius 1 is 1.40 bits per heavy atom. The molecule has 10 heavy (non-hydrogen) atoms. The van der Waals surface area contributed by atoms with Crippen LogP contribution >= 0.6 is 0 Å². The Balaban J connectivity index is 2.01. The molecule has 58 valence electrons. The average Bonchev–Trinajstić information content (AvgIpc) is 2.71. The first-order valence-electron chi connectivity index (χ1n) is 4.19. The van der Waals surface area contributed by atoms with Gasteiger partial charge in [0.25, 0.3) is 0 Å². The summed E-state index contributed by atoms with van der Waals surface area (Å²) < 4.78 is 0. The summed E-state index contributed by atoms with van der Waals surface area (Å²) in [6.07, 6.45) is 4.01. The van der Waals surface area contributed by atoms with Crippen LogP contribution in [-0.4, -0.2) is 24.8 Å². The molecule has 2 heteroatoms. The topological polar surface area (TPSA) is 32.3 Å². The number of piperidine rings is 1. The minimum Gasteiger partial charge on any atom is -0.396 e. The lowest BCUT2D eigenvalue weighted by atomic mass is 9.84. The first-order chi connectivity index (χ1) is 4.87. The van der Waals surface area contributed by atoms with Crippen LogP contribution in [0.1, 0.15) is 19.3 Å². The third-order valence-corrected chi connectivity index (χ3v) is 3.17. The molecule has 0 aromatic rings. The molecular formula is C8H15NO. The van der Waals surface area contributed by atoms with E-state index < -0.39 is 0 Å². The third-order valence-electron chi connectivity index (χ3n) is 3.17. The van der Waals surface area contributed by atoms with E-state index in [0.29, 0.717) is 17.9 Å². The van der Waals surface area contributed by atoms with Gasteiger partial charge in [-0.1, -0.05) is 0 Å². The Morgan fingerprint density at radius 2 is 2.20 bits per heavy atom. The maximum atomic E-state index is 9.03. The quantitative estimate of drug-likeness (QED) is 0.553. The third kappa shape index (κ3) is 0.867. The molecule has 1 saturated heterocycles. The Kier molecular flexibility index (Phi) is 1.46. The predicted molar refractivity (Wildman–Crippen MR) is 39.7 cm³/mol. The lowest BCUT2D eigenvalue weighted by Gasteiger charge is -2.30. The molecule has 0 bridgehead atoms. The Hall–Kier alpha value is -0.0800. The summed E-state index contributed by atoms with van der Waals surface area (Å²) in [6, 6.07) is 0. The molecule has 2 rings (SSSR count). The van der Waals surface area contributed by atoms with Crippen molar-refractivity contribution in [3.8, 4) is 0 Å². The molecular weight excluding hydrogens is 126 g/mol. The van der Waals surface area contributed by atoms with E-state index in [2.05, 4.69) is 5.32 Å². The van der Waals surface area contributed by atoms with E-state index >= 15 is 0 Å². The zero-order chi connectivity index (χ0) is 7.03. The van der Waals surface area contributed by atoms with Crippen molar-refractivity contribution in [3.05, 3.63) is 0 Å². The smallest absolute Gasteiger partial charge is 0.0476 e. The summed E-state index contributed by atoms with van der Waals surface area (Å²) >= 11 is 0. The molecule has 1 unspecified atom stereocenters. The molecule has 0 amide bonds. The summed E-state index contributed by atoms with van der Waals surface area (Å²) in [4.78, 5) is 0. The van der Waals surface area contributed by atoms with Crippen LogP contribution in [0.15, 0.2) is 0 Å². The monoisotopic (exact) mass is 141 g/mol. The molecule has 2 N–H and O–H groups in total. The fourth-order valence-corrected chi connectivity index (χ4v) is 2.11. The molecule has 1 aliphatic carbocycles. The van der Waals surface area contributed by atoms with Crippen molar-refractivity contribution in [2.45, 2.75) is 19.3 Å². The van der Waals surface area contributed by atoms with Crippen LogP contribution in [0.4, 0.5) is 0 Å². The zero-order valence-electron chi connectivity index (χ0n) is 6.27. The standard InChI is InChI=1S/C8H15NO/c10-6-7-5-9-4-3-8(7)1-2-8/h7,9-10H,1-6H2. The van der Waals surface area contributed by atoms with Crippen LogP contribution in [-0.2, 0) is 0 Å². The maximum Gasteiger partial charge on any atom is 0.0476 e. The van der Waals surface area contributed by atoms with Gasteiger partial charge in [-0.25, -0.2) is 0 Å². The molecule has 1 heterocycles. The number of aliphatic hydroxyl groups excluding tert-OH is 1. The SMILES string of the molecule is OCC1CNCCC12CC2. The van der Waals surface area contributed by atoms with E-state index in [1.54, 1.807) is 0 Å². The molecule has 0 radical (unpaired) electrons. The minimum absolute atomic E-state index is 0.382. The molecule has 2 aliphatic rings. The molecule has 1 saturated carbocycles. The molecule has 2 nitrogen and oxygen atoms in total. The van der Waals surface area contributed by atoms with Crippen LogP contribution in [0.5, 0.6) is 0 Å². The number of hydrogen-bond donors (Lipinski definition) is 2. The number of aliphatic hydroxyl groups is 1. The van der Waals surface area contributed by atoms with E-state index in [0.717, 1.165) is 13.1 Å². The zero-order valence-corrected chi connectivity index (χ0v) is 6.27. The molecule has 0 aromatic heterocycles. The van der Waals surface area contributed by atoms with Crippen molar-refractivity contribution in [1.82, 2.24) is 5.32 Å². The van der Waals surface area contributed by atoms with Crippen LogP contribution in [0.2, 0.25) is 0 Å². The highest BCUT2D eigenvalue weighted by Crippen LogP contribution is 2.55. The summed E-state index contributed by atoms with van der Waals surface area (Å²) in [6.45, 7) is 2.58. The second-order valence-electron chi connectivity index (χ2n) is 3.70. The highest BCUT2D eigenvalue weighted by Gasteiger charge is 2.49. The van der Waals surface area contributed by atoms with Crippen LogP contribution in [0, 0.1) is 11.3 Å². The van der Waals surface area contributed by atoms with Gasteiger partial charge in [0.15, 0.2) is 0 Å². The van der Waals surface area contributed by atoms with Gasteiger partial charge in [-0.2, -0.15) is 0 Å². The summed E-state index contributed by atoms with van der Waals surface area (Å²) in [5.41, 5.74) is 0.583. The van der Waals surface area contributed by atoms with Gasteiger partial charge in [-0.3, -0.25) is 0 Å². The number of rotatable bonds is 1. The average molecular weight is 141 g/mol. The van der Waals surface area contributed by atoms with E-state index in [1.807, 2.05) is 0 Å². The van der Waals surface area contributed by atoms with Gasteiger partial charge in [0.05, 0.1) is 0 Å². The number of nitrogens with one attached hydrogen (secondary N) is 1.